The number of methoxy groups -OCH3 is 1. The number of hydrogen-bond acceptors (Lipinski definition) is 4. The Kier molecular flexibility index (Phi) is 6.82. The van der Waals surface area contributed by atoms with Crippen LogP contribution in [0.1, 0.15) is 29.8 Å². The number of carbonyl (C=O) groups excluding carboxylic acids is 1. The number of thiazole rings is 1. The number of ether oxygens (including phenoxy) is 1. The average Bonchev–Trinajstić information content (AvgIpc) is 3.17. The summed E-state index contributed by atoms with van der Waals surface area (Å²) in [5, 5.41) is 0.562. The van der Waals surface area contributed by atoms with Crippen LogP contribution in [0.3, 0.4) is 0 Å². The highest BCUT2D eigenvalue weighted by Crippen LogP contribution is 2.36. The highest BCUT2D eigenvalue weighted by molar-refractivity contribution is 7.22. The van der Waals surface area contributed by atoms with Crippen molar-refractivity contribution >= 4 is 32.6 Å². The number of aryl methyl sites for hydroxylation is 1. The number of carbonyl (C=O) groups is 1. The first-order valence-electron chi connectivity index (χ1n) is 9.84. The van der Waals surface area contributed by atoms with Gasteiger partial charge in [-0.05, 0) is 44.5 Å². The molecule has 7 heteroatoms. The molecular formula is C22H27FN3O2S+. The predicted molar refractivity (Wildman–Crippen MR) is 116 cm³/mol. The van der Waals surface area contributed by atoms with Gasteiger partial charge in [-0.3, -0.25) is 9.69 Å². The van der Waals surface area contributed by atoms with Crippen molar-refractivity contribution in [2.24, 2.45) is 0 Å². The van der Waals surface area contributed by atoms with E-state index >= 15 is 0 Å². The lowest BCUT2D eigenvalue weighted by molar-refractivity contribution is -0.894. The Labute approximate surface area is 174 Å². The van der Waals surface area contributed by atoms with Crippen molar-refractivity contribution in [3.8, 4) is 5.75 Å². The standard InChI is InChI=1S/C22H26FN3O2S/c1-5-25(6-2)13-14-26(21(27)16-9-7-8-10-17(16)23)22-24-19-18(28-4)12-11-15(3)20(19)29-22/h7-12H,5-6,13-14H2,1-4H3/p+1. The van der Waals surface area contributed by atoms with Crippen molar-refractivity contribution in [1.29, 1.82) is 0 Å². The van der Waals surface area contributed by atoms with Crippen molar-refractivity contribution in [2.75, 3.05) is 38.2 Å². The number of quaternary nitrogens is 1. The molecule has 0 radical (unpaired) electrons. The number of benzene rings is 2. The van der Waals surface area contributed by atoms with E-state index in [1.54, 1.807) is 24.1 Å². The number of likely N-dealkylation sites (N-methyl/N-ethyl adjacent to an activating group) is 1. The maximum Gasteiger partial charge on any atom is 0.263 e. The zero-order valence-corrected chi connectivity index (χ0v) is 18.1. The molecule has 3 rings (SSSR count). The molecule has 5 nitrogen and oxygen atoms in total. The molecule has 0 saturated heterocycles. The summed E-state index contributed by atoms with van der Waals surface area (Å²) in [4.78, 5) is 21.0. The molecule has 1 amide bonds. The van der Waals surface area contributed by atoms with Crippen molar-refractivity contribution in [1.82, 2.24) is 4.98 Å². The number of rotatable bonds is 8. The largest absolute Gasteiger partial charge is 0.494 e. The smallest absolute Gasteiger partial charge is 0.263 e. The first kappa shape index (κ1) is 21.2. The van der Waals surface area contributed by atoms with Gasteiger partial charge in [-0.25, -0.2) is 9.37 Å². The molecule has 29 heavy (non-hydrogen) atoms. The van der Waals surface area contributed by atoms with E-state index in [0.717, 1.165) is 35.4 Å². The summed E-state index contributed by atoms with van der Waals surface area (Å²) in [5.74, 6) is -0.223. The van der Waals surface area contributed by atoms with Gasteiger partial charge < -0.3 is 9.64 Å². The van der Waals surface area contributed by atoms with E-state index in [0.29, 0.717) is 17.4 Å². The van der Waals surface area contributed by atoms with Crippen LogP contribution in [0.5, 0.6) is 5.75 Å². The van der Waals surface area contributed by atoms with Gasteiger partial charge >= 0.3 is 0 Å². The summed E-state index contributed by atoms with van der Waals surface area (Å²) >= 11 is 1.44. The molecule has 0 atom stereocenters. The molecule has 154 valence electrons. The van der Waals surface area contributed by atoms with E-state index in [1.165, 1.54) is 28.4 Å². The minimum absolute atomic E-state index is 0.0602. The number of fused-ring (bicyclic) bond motifs is 1. The third-order valence-electron chi connectivity index (χ3n) is 5.18. The Balaban J connectivity index is 2.05. The summed E-state index contributed by atoms with van der Waals surface area (Å²) in [6, 6.07) is 9.95. The van der Waals surface area contributed by atoms with Gasteiger partial charge in [-0.2, -0.15) is 0 Å². The quantitative estimate of drug-likeness (QED) is 0.613. The van der Waals surface area contributed by atoms with Crippen LogP contribution < -0.4 is 14.5 Å². The maximum atomic E-state index is 14.3. The lowest BCUT2D eigenvalue weighted by Gasteiger charge is -2.23. The summed E-state index contributed by atoms with van der Waals surface area (Å²) in [6.45, 7) is 9.40. The monoisotopic (exact) mass is 416 g/mol. The van der Waals surface area contributed by atoms with E-state index in [1.807, 2.05) is 19.1 Å². The zero-order valence-electron chi connectivity index (χ0n) is 17.3. The first-order chi connectivity index (χ1) is 14.0. The molecule has 0 bridgehead atoms. The second kappa shape index (κ2) is 9.33. The van der Waals surface area contributed by atoms with E-state index in [2.05, 4.69) is 13.8 Å². The molecule has 1 aromatic heterocycles. The molecule has 0 aliphatic heterocycles. The van der Waals surface area contributed by atoms with Crippen molar-refractivity contribution in [3.05, 3.63) is 53.3 Å². The molecule has 2 aromatic carbocycles. The molecular weight excluding hydrogens is 389 g/mol. The van der Waals surface area contributed by atoms with Crippen molar-refractivity contribution in [2.45, 2.75) is 20.8 Å². The second-order valence-electron chi connectivity index (χ2n) is 6.90. The van der Waals surface area contributed by atoms with E-state index in [-0.39, 0.29) is 11.5 Å². The molecule has 0 aliphatic carbocycles. The molecule has 0 saturated carbocycles. The molecule has 1 N–H and O–H groups in total. The van der Waals surface area contributed by atoms with Crippen LogP contribution in [0.2, 0.25) is 0 Å². The Morgan fingerprint density at radius 2 is 1.93 bits per heavy atom. The van der Waals surface area contributed by atoms with Crippen LogP contribution >= 0.6 is 11.3 Å². The molecule has 3 aromatic rings. The maximum absolute atomic E-state index is 14.3. The fourth-order valence-electron chi connectivity index (χ4n) is 3.32. The van der Waals surface area contributed by atoms with Gasteiger partial charge in [0.1, 0.15) is 17.1 Å². The van der Waals surface area contributed by atoms with Gasteiger partial charge in [-0.1, -0.05) is 29.5 Å². The number of aromatic nitrogens is 1. The lowest BCUT2D eigenvalue weighted by Crippen LogP contribution is -3.12. The van der Waals surface area contributed by atoms with Gasteiger partial charge in [0, 0.05) is 0 Å². The van der Waals surface area contributed by atoms with E-state index in [9.17, 15) is 9.18 Å². The van der Waals surface area contributed by atoms with Gasteiger partial charge in [-0.15, -0.1) is 0 Å². The number of halogens is 1. The van der Waals surface area contributed by atoms with Crippen LogP contribution in [0, 0.1) is 12.7 Å². The summed E-state index contributed by atoms with van der Waals surface area (Å²) in [6.07, 6.45) is 0. The Bertz CT molecular complexity index is 1000. The van der Waals surface area contributed by atoms with E-state index < -0.39 is 5.82 Å². The molecule has 0 unspecified atom stereocenters. The zero-order chi connectivity index (χ0) is 21.0. The van der Waals surface area contributed by atoms with Crippen LogP contribution in [-0.2, 0) is 0 Å². The van der Waals surface area contributed by atoms with Crippen molar-refractivity contribution in [3.63, 3.8) is 0 Å². The highest BCUT2D eigenvalue weighted by Gasteiger charge is 2.25. The second-order valence-corrected chi connectivity index (χ2v) is 7.88. The fraction of sp³-hybridized carbons (Fsp3) is 0.364. The Morgan fingerprint density at radius 3 is 2.59 bits per heavy atom. The number of nitrogens with zero attached hydrogens (tertiary/aromatic N) is 2. The van der Waals surface area contributed by atoms with Gasteiger partial charge in [0.2, 0.25) is 0 Å². The van der Waals surface area contributed by atoms with Crippen LogP contribution in [0.25, 0.3) is 10.2 Å². The van der Waals surface area contributed by atoms with Crippen LogP contribution in [0.4, 0.5) is 9.52 Å². The van der Waals surface area contributed by atoms with Gasteiger partial charge in [0.25, 0.3) is 5.91 Å². The van der Waals surface area contributed by atoms with Crippen LogP contribution in [-0.4, -0.2) is 44.2 Å². The number of hydrogen-bond donors (Lipinski definition) is 1. The summed E-state index contributed by atoms with van der Waals surface area (Å²) < 4.78 is 20.8. The lowest BCUT2D eigenvalue weighted by atomic mass is 10.2. The summed E-state index contributed by atoms with van der Waals surface area (Å²) in [5.41, 5.74) is 1.86. The number of nitrogens with one attached hydrogen (secondary N) is 1. The average molecular weight is 417 g/mol. The first-order valence-corrected chi connectivity index (χ1v) is 10.7. The number of anilines is 1. The Hall–Kier alpha value is -2.51. The minimum Gasteiger partial charge on any atom is -0.494 e. The molecule has 0 fully saturated rings. The van der Waals surface area contributed by atoms with Crippen LogP contribution in [0.15, 0.2) is 36.4 Å². The third kappa shape index (κ3) is 4.41. The normalized spacial score (nSPS) is 11.2. The van der Waals surface area contributed by atoms with E-state index in [4.69, 9.17) is 9.72 Å². The summed E-state index contributed by atoms with van der Waals surface area (Å²) in [7, 11) is 1.61. The molecule has 1 heterocycles. The number of amides is 1. The third-order valence-corrected chi connectivity index (χ3v) is 6.40. The molecule has 0 spiro atoms. The molecule has 0 aliphatic rings. The SMILES string of the molecule is CC[NH+](CC)CCN(C(=O)c1ccccc1F)c1nc2c(OC)ccc(C)c2s1. The fourth-order valence-corrected chi connectivity index (χ4v) is 4.39. The van der Waals surface area contributed by atoms with Gasteiger partial charge in [0.05, 0.1) is 43.6 Å². The Morgan fingerprint density at radius 1 is 1.21 bits per heavy atom. The van der Waals surface area contributed by atoms with Gasteiger partial charge in [0.15, 0.2) is 5.13 Å². The minimum atomic E-state index is -0.521. The predicted octanol–water partition coefficient (Wildman–Crippen LogP) is 3.32. The highest BCUT2D eigenvalue weighted by atomic mass is 32.1. The topological polar surface area (TPSA) is 46.9 Å². The van der Waals surface area contributed by atoms with Crippen molar-refractivity contribution < 1.29 is 18.8 Å².